The standard InChI is InChI=1S/C26H30N4O2S/c1-19(21-17-27-30(18-21)22-6-4-3-5-7-22)28-24(31)12-14-26(15-13-25(32)29-26)16-20-8-10-23(33-2)11-9-20/h3-11,17-19H,12-16H2,1-2H3,(H,28,31)(H,29,32)/t19-,26+/m1/s1. The lowest BCUT2D eigenvalue weighted by Gasteiger charge is -2.29. The van der Waals surface area contributed by atoms with Crippen molar-refractivity contribution in [2.24, 2.45) is 0 Å². The summed E-state index contributed by atoms with van der Waals surface area (Å²) in [6.07, 6.45) is 8.76. The van der Waals surface area contributed by atoms with Gasteiger partial charge >= 0.3 is 0 Å². The highest BCUT2D eigenvalue weighted by Crippen LogP contribution is 2.30. The molecule has 1 aliphatic rings. The van der Waals surface area contributed by atoms with Crippen LogP contribution in [0.5, 0.6) is 0 Å². The highest BCUT2D eigenvalue weighted by atomic mass is 32.2. The molecule has 4 rings (SSSR count). The van der Waals surface area contributed by atoms with Gasteiger partial charge in [-0.25, -0.2) is 4.68 Å². The van der Waals surface area contributed by atoms with E-state index < -0.39 is 0 Å². The van der Waals surface area contributed by atoms with E-state index in [1.165, 1.54) is 10.5 Å². The summed E-state index contributed by atoms with van der Waals surface area (Å²) in [5, 5.41) is 10.7. The van der Waals surface area contributed by atoms with Crippen LogP contribution < -0.4 is 10.6 Å². The van der Waals surface area contributed by atoms with E-state index in [-0.39, 0.29) is 23.4 Å². The van der Waals surface area contributed by atoms with Crippen molar-refractivity contribution < 1.29 is 9.59 Å². The van der Waals surface area contributed by atoms with Crippen molar-refractivity contribution in [2.75, 3.05) is 6.26 Å². The van der Waals surface area contributed by atoms with Crippen LogP contribution in [0.2, 0.25) is 0 Å². The molecule has 7 heteroatoms. The Morgan fingerprint density at radius 2 is 1.97 bits per heavy atom. The number of carbonyl (C=O) groups is 2. The Labute approximate surface area is 199 Å². The molecule has 1 fully saturated rings. The van der Waals surface area contributed by atoms with Gasteiger partial charge in [0.2, 0.25) is 11.8 Å². The van der Waals surface area contributed by atoms with Gasteiger partial charge in [0.05, 0.1) is 17.9 Å². The highest BCUT2D eigenvalue weighted by Gasteiger charge is 2.37. The van der Waals surface area contributed by atoms with Gasteiger partial charge in [0, 0.05) is 35.0 Å². The summed E-state index contributed by atoms with van der Waals surface area (Å²) in [6, 6.07) is 18.2. The number of hydrogen-bond donors (Lipinski definition) is 2. The predicted molar refractivity (Wildman–Crippen MR) is 131 cm³/mol. The molecule has 0 radical (unpaired) electrons. The third kappa shape index (κ3) is 5.85. The van der Waals surface area contributed by atoms with E-state index in [1.807, 2.05) is 48.1 Å². The van der Waals surface area contributed by atoms with Crippen LogP contribution in [0.3, 0.4) is 0 Å². The SMILES string of the molecule is CSc1ccc(C[C@]2(CCC(=O)N[C@H](C)c3cnn(-c4ccccc4)c3)CCC(=O)N2)cc1. The number of amides is 2. The molecule has 0 spiro atoms. The van der Waals surface area contributed by atoms with Gasteiger partial charge in [0.1, 0.15) is 0 Å². The zero-order chi connectivity index (χ0) is 23.3. The monoisotopic (exact) mass is 462 g/mol. The minimum absolute atomic E-state index is 0.0202. The molecule has 2 N–H and O–H groups in total. The Morgan fingerprint density at radius 3 is 2.64 bits per heavy atom. The average Bonchev–Trinajstić information content (AvgIpc) is 3.47. The van der Waals surface area contributed by atoms with Crippen LogP contribution >= 0.6 is 11.8 Å². The first kappa shape index (κ1) is 23.1. The minimum Gasteiger partial charge on any atom is -0.350 e. The highest BCUT2D eigenvalue weighted by molar-refractivity contribution is 7.98. The van der Waals surface area contributed by atoms with Gasteiger partial charge in [-0.3, -0.25) is 9.59 Å². The number of carbonyl (C=O) groups excluding carboxylic acids is 2. The molecule has 33 heavy (non-hydrogen) atoms. The summed E-state index contributed by atoms with van der Waals surface area (Å²) in [4.78, 5) is 26.0. The molecule has 1 aromatic heterocycles. The lowest BCUT2D eigenvalue weighted by Crippen LogP contribution is -2.44. The third-order valence-electron chi connectivity index (χ3n) is 6.27. The molecule has 3 aromatic rings. The Balaban J connectivity index is 1.35. The maximum Gasteiger partial charge on any atom is 0.220 e. The maximum atomic E-state index is 12.8. The molecule has 2 atom stereocenters. The second kappa shape index (κ2) is 10.3. The molecule has 2 amide bonds. The molecular weight excluding hydrogens is 432 g/mol. The van der Waals surface area contributed by atoms with Crippen molar-refractivity contribution in [1.29, 1.82) is 0 Å². The predicted octanol–water partition coefficient (Wildman–Crippen LogP) is 4.44. The van der Waals surface area contributed by atoms with Crippen LogP contribution in [0.25, 0.3) is 5.69 Å². The van der Waals surface area contributed by atoms with E-state index in [9.17, 15) is 9.59 Å². The quantitative estimate of drug-likeness (QED) is 0.461. The van der Waals surface area contributed by atoms with E-state index in [2.05, 4.69) is 46.3 Å². The zero-order valence-corrected chi connectivity index (χ0v) is 19.9. The molecule has 0 unspecified atom stereocenters. The van der Waals surface area contributed by atoms with Crippen LogP contribution in [0, 0.1) is 0 Å². The Bertz CT molecular complexity index is 1100. The van der Waals surface area contributed by atoms with Gasteiger partial charge in [0.25, 0.3) is 0 Å². The van der Waals surface area contributed by atoms with Crippen LogP contribution in [-0.4, -0.2) is 33.4 Å². The second-order valence-electron chi connectivity index (χ2n) is 8.70. The number of para-hydroxylation sites is 1. The van der Waals surface area contributed by atoms with Crippen LogP contribution in [-0.2, 0) is 16.0 Å². The fourth-order valence-corrected chi connectivity index (χ4v) is 4.76. The number of nitrogens with zero attached hydrogens (tertiary/aromatic N) is 2. The number of nitrogens with one attached hydrogen (secondary N) is 2. The van der Waals surface area contributed by atoms with Gasteiger partial charge in [0.15, 0.2) is 0 Å². The van der Waals surface area contributed by atoms with E-state index in [1.54, 1.807) is 18.0 Å². The van der Waals surface area contributed by atoms with Crippen LogP contribution in [0.15, 0.2) is 71.9 Å². The maximum absolute atomic E-state index is 12.8. The third-order valence-corrected chi connectivity index (χ3v) is 7.01. The molecule has 1 aliphatic heterocycles. The number of rotatable bonds is 9. The Morgan fingerprint density at radius 1 is 1.21 bits per heavy atom. The normalized spacial score (nSPS) is 18.7. The fourth-order valence-electron chi connectivity index (χ4n) is 4.35. The molecule has 0 aliphatic carbocycles. The molecule has 2 aromatic carbocycles. The average molecular weight is 463 g/mol. The summed E-state index contributed by atoms with van der Waals surface area (Å²) in [5.74, 6) is 0.0473. The first-order valence-electron chi connectivity index (χ1n) is 11.3. The number of aromatic nitrogens is 2. The first-order chi connectivity index (χ1) is 16.0. The van der Waals surface area contributed by atoms with E-state index in [4.69, 9.17) is 0 Å². The lowest BCUT2D eigenvalue weighted by atomic mass is 9.85. The lowest BCUT2D eigenvalue weighted by molar-refractivity contribution is -0.123. The molecule has 1 saturated heterocycles. The smallest absolute Gasteiger partial charge is 0.220 e. The van der Waals surface area contributed by atoms with E-state index in [0.29, 0.717) is 19.3 Å². The number of hydrogen-bond acceptors (Lipinski definition) is 4. The fraction of sp³-hybridized carbons (Fsp3) is 0.346. The Hall–Kier alpha value is -3.06. The molecule has 2 heterocycles. The van der Waals surface area contributed by atoms with Crippen LogP contribution in [0.4, 0.5) is 0 Å². The van der Waals surface area contributed by atoms with Crippen molar-refractivity contribution in [3.63, 3.8) is 0 Å². The van der Waals surface area contributed by atoms with Crippen molar-refractivity contribution in [1.82, 2.24) is 20.4 Å². The second-order valence-corrected chi connectivity index (χ2v) is 9.58. The van der Waals surface area contributed by atoms with Crippen molar-refractivity contribution in [3.05, 3.63) is 78.1 Å². The topological polar surface area (TPSA) is 76.0 Å². The summed E-state index contributed by atoms with van der Waals surface area (Å²) in [6.45, 7) is 1.96. The molecule has 172 valence electrons. The summed E-state index contributed by atoms with van der Waals surface area (Å²) in [5.41, 5.74) is 2.74. The van der Waals surface area contributed by atoms with Crippen molar-refractivity contribution in [3.8, 4) is 5.69 Å². The Kier molecular flexibility index (Phi) is 7.18. The summed E-state index contributed by atoms with van der Waals surface area (Å²) < 4.78 is 1.81. The van der Waals surface area contributed by atoms with Gasteiger partial charge in [-0.05, 0) is 62.3 Å². The largest absolute Gasteiger partial charge is 0.350 e. The zero-order valence-electron chi connectivity index (χ0n) is 19.1. The van der Waals surface area contributed by atoms with E-state index >= 15 is 0 Å². The van der Waals surface area contributed by atoms with Gasteiger partial charge in [-0.15, -0.1) is 11.8 Å². The summed E-state index contributed by atoms with van der Waals surface area (Å²) in [7, 11) is 0. The minimum atomic E-state index is -0.364. The van der Waals surface area contributed by atoms with E-state index in [0.717, 1.165) is 24.1 Å². The van der Waals surface area contributed by atoms with Crippen molar-refractivity contribution in [2.45, 2.75) is 55.5 Å². The molecule has 0 saturated carbocycles. The molecule has 0 bridgehead atoms. The first-order valence-corrected chi connectivity index (χ1v) is 12.5. The van der Waals surface area contributed by atoms with Gasteiger partial charge < -0.3 is 10.6 Å². The van der Waals surface area contributed by atoms with Gasteiger partial charge in [-0.1, -0.05) is 30.3 Å². The van der Waals surface area contributed by atoms with Crippen molar-refractivity contribution >= 4 is 23.6 Å². The number of benzene rings is 2. The molecular formula is C26H30N4O2S. The van der Waals surface area contributed by atoms with Gasteiger partial charge in [-0.2, -0.15) is 5.10 Å². The van der Waals surface area contributed by atoms with Crippen LogP contribution in [0.1, 0.15) is 49.8 Å². The molecule has 6 nitrogen and oxygen atoms in total. The number of thioether (sulfide) groups is 1. The summed E-state index contributed by atoms with van der Waals surface area (Å²) >= 11 is 1.71.